The number of hydrogen-bond acceptors (Lipinski definition) is 5. The van der Waals surface area contributed by atoms with Crippen LogP contribution in [0.25, 0.3) is 0 Å². The second kappa shape index (κ2) is 6.89. The topological polar surface area (TPSA) is 49.9 Å². The van der Waals surface area contributed by atoms with Gasteiger partial charge in [0.1, 0.15) is 5.75 Å². The van der Waals surface area contributed by atoms with Crippen LogP contribution in [0, 0.1) is 5.92 Å². The molecule has 4 rings (SSSR count). The Morgan fingerprint density at radius 2 is 1.68 bits per heavy atom. The van der Waals surface area contributed by atoms with Gasteiger partial charge in [-0.15, -0.1) is 0 Å². The summed E-state index contributed by atoms with van der Waals surface area (Å²) in [4.78, 5) is 4.84. The largest absolute Gasteiger partial charge is 0.494 e. The number of sulfone groups is 1. The van der Waals surface area contributed by atoms with Crippen molar-refractivity contribution in [2.75, 3.05) is 37.7 Å². The number of hydrogen-bond donors (Lipinski definition) is 0. The molecule has 2 heterocycles. The fraction of sp³-hybridized carbons (Fsp3) is 0.684. The monoisotopic (exact) mass is 364 g/mol. The quantitative estimate of drug-likeness (QED) is 0.770. The molecule has 1 aromatic carbocycles. The van der Waals surface area contributed by atoms with E-state index >= 15 is 0 Å². The van der Waals surface area contributed by atoms with E-state index in [-0.39, 0.29) is 12.1 Å². The molecule has 2 aliphatic heterocycles. The van der Waals surface area contributed by atoms with Gasteiger partial charge in [0.05, 0.1) is 18.1 Å². The van der Waals surface area contributed by atoms with Crippen LogP contribution in [0.4, 0.5) is 0 Å². The maximum absolute atomic E-state index is 12.3. The standard InChI is InChI=1S/C19H28N2O3S/c1-2-24-17-7-5-16(6-8-17)12-21-10-9-20(11-15-3-4-15)18-13-25(22,23)14-19(18)21/h5-8,15,18-19H,2-4,9-14H2,1H3/t18-,19+/m1/s1. The number of ether oxygens (including phenoxy) is 1. The zero-order valence-electron chi connectivity index (χ0n) is 14.9. The SMILES string of the molecule is CCOc1ccc(CN2CCN(CC3CC3)[C@@H]3CS(=O)(=O)C[C@@H]32)cc1. The Hall–Kier alpha value is -1.11. The number of piperazine rings is 1. The first kappa shape index (κ1) is 17.3. The summed E-state index contributed by atoms with van der Waals surface area (Å²) in [7, 11) is -2.92. The molecule has 1 aromatic rings. The highest BCUT2D eigenvalue weighted by molar-refractivity contribution is 7.91. The molecule has 5 nitrogen and oxygen atoms in total. The molecular weight excluding hydrogens is 336 g/mol. The highest BCUT2D eigenvalue weighted by atomic mass is 32.2. The molecule has 1 saturated carbocycles. The minimum absolute atomic E-state index is 0.143. The van der Waals surface area contributed by atoms with Crippen molar-refractivity contribution in [2.24, 2.45) is 5.92 Å². The van der Waals surface area contributed by atoms with Crippen molar-refractivity contribution in [2.45, 2.75) is 38.4 Å². The van der Waals surface area contributed by atoms with Crippen molar-refractivity contribution in [1.29, 1.82) is 0 Å². The van der Waals surface area contributed by atoms with Crippen LogP contribution >= 0.6 is 0 Å². The molecule has 0 bridgehead atoms. The van der Waals surface area contributed by atoms with Crippen LogP contribution in [0.5, 0.6) is 5.75 Å². The van der Waals surface area contributed by atoms with Crippen LogP contribution in [0.1, 0.15) is 25.3 Å². The van der Waals surface area contributed by atoms with Gasteiger partial charge in [0, 0.05) is 38.3 Å². The van der Waals surface area contributed by atoms with Gasteiger partial charge in [0.15, 0.2) is 9.84 Å². The predicted octanol–water partition coefficient (Wildman–Crippen LogP) is 1.78. The van der Waals surface area contributed by atoms with Gasteiger partial charge in [-0.1, -0.05) is 12.1 Å². The molecule has 25 heavy (non-hydrogen) atoms. The molecule has 0 spiro atoms. The highest BCUT2D eigenvalue weighted by Gasteiger charge is 2.47. The maximum atomic E-state index is 12.3. The first-order chi connectivity index (χ1) is 12.0. The third-order valence-electron chi connectivity index (χ3n) is 5.72. The van der Waals surface area contributed by atoms with E-state index in [9.17, 15) is 8.42 Å². The average Bonchev–Trinajstić information content (AvgIpc) is 3.32. The molecule has 0 aromatic heterocycles. The van der Waals surface area contributed by atoms with Gasteiger partial charge in [-0.3, -0.25) is 9.80 Å². The second-order valence-corrected chi connectivity index (χ2v) is 9.85. The van der Waals surface area contributed by atoms with Gasteiger partial charge in [-0.2, -0.15) is 0 Å². The third-order valence-corrected chi connectivity index (χ3v) is 7.41. The summed E-state index contributed by atoms with van der Waals surface area (Å²) < 4.78 is 30.1. The number of fused-ring (bicyclic) bond motifs is 1. The molecule has 0 N–H and O–H groups in total. The molecule has 0 amide bonds. The Morgan fingerprint density at radius 1 is 1.04 bits per heavy atom. The lowest BCUT2D eigenvalue weighted by Crippen LogP contribution is -2.59. The van der Waals surface area contributed by atoms with Gasteiger partial charge < -0.3 is 4.74 Å². The summed E-state index contributed by atoms with van der Waals surface area (Å²) >= 11 is 0. The lowest BCUT2D eigenvalue weighted by Gasteiger charge is -2.44. The molecule has 0 unspecified atom stereocenters. The van der Waals surface area contributed by atoms with Gasteiger partial charge in [0.25, 0.3) is 0 Å². The number of nitrogens with zero attached hydrogens (tertiary/aromatic N) is 2. The minimum Gasteiger partial charge on any atom is -0.494 e. The van der Waals surface area contributed by atoms with E-state index in [1.54, 1.807) is 0 Å². The molecule has 0 radical (unpaired) electrons. The second-order valence-electron chi connectivity index (χ2n) is 7.70. The number of benzene rings is 1. The van der Waals surface area contributed by atoms with E-state index in [4.69, 9.17) is 4.74 Å². The lowest BCUT2D eigenvalue weighted by atomic mass is 10.0. The Kier molecular flexibility index (Phi) is 4.77. The average molecular weight is 365 g/mol. The molecule has 3 fully saturated rings. The molecule has 2 saturated heterocycles. The normalized spacial score (nSPS) is 29.5. The zero-order valence-corrected chi connectivity index (χ0v) is 15.7. The maximum Gasteiger partial charge on any atom is 0.153 e. The van der Waals surface area contributed by atoms with Crippen molar-refractivity contribution in [3.8, 4) is 5.75 Å². The Bertz CT molecular complexity index is 700. The van der Waals surface area contributed by atoms with Crippen molar-refractivity contribution in [3.05, 3.63) is 29.8 Å². The first-order valence-corrected chi connectivity index (χ1v) is 11.3. The molecule has 1 aliphatic carbocycles. The van der Waals surface area contributed by atoms with E-state index in [2.05, 4.69) is 21.9 Å². The highest BCUT2D eigenvalue weighted by Crippen LogP contribution is 2.34. The molecule has 6 heteroatoms. The molecule has 3 aliphatic rings. The third kappa shape index (κ3) is 4.01. The van der Waals surface area contributed by atoms with E-state index in [1.807, 2.05) is 19.1 Å². The van der Waals surface area contributed by atoms with Gasteiger partial charge in [-0.25, -0.2) is 8.42 Å². The van der Waals surface area contributed by atoms with Crippen molar-refractivity contribution >= 4 is 9.84 Å². The van der Waals surface area contributed by atoms with Gasteiger partial charge in [-0.05, 0) is 43.4 Å². The summed E-state index contributed by atoms with van der Waals surface area (Å²) in [6.45, 7) is 6.51. The smallest absolute Gasteiger partial charge is 0.153 e. The fourth-order valence-electron chi connectivity index (χ4n) is 4.24. The predicted molar refractivity (Wildman–Crippen MR) is 98.5 cm³/mol. The fourth-order valence-corrected chi connectivity index (χ4v) is 6.29. The lowest BCUT2D eigenvalue weighted by molar-refractivity contribution is 0.0376. The van der Waals surface area contributed by atoms with Crippen LogP contribution in [0.2, 0.25) is 0 Å². The van der Waals surface area contributed by atoms with Crippen molar-refractivity contribution in [3.63, 3.8) is 0 Å². The summed E-state index contributed by atoms with van der Waals surface area (Å²) in [5, 5.41) is 0. The summed E-state index contributed by atoms with van der Waals surface area (Å²) in [6, 6.07) is 8.53. The first-order valence-electron chi connectivity index (χ1n) is 9.44. The Labute approximate surface area is 150 Å². The van der Waals surface area contributed by atoms with E-state index in [0.29, 0.717) is 18.1 Å². The van der Waals surface area contributed by atoms with Crippen LogP contribution in [0.15, 0.2) is 24.3 Å². The minimum atomic E-state index is -2.92. The summed E-state index contributed by atoms with van der Waals surface area (Å²) in [5.74, 6) is 2.35. The van der Waals surface area contributed by atoms with Crippen molar-refractivity contribution < 1.29 is 13.2 Å². The van der Waals surface area contributed by atoms with Gasteiger partial charge >= 0.3 is 0 Å². The van der Waals surface area contributed by atoms with Crippen LogP contribution < -0.4 is 4.74 Å². The number of rotatable bonds is 6. The molecular formula is C19H28N2O3S. The Morgan fingerprint density at radius 3 is 2.32 bits per heavy atom. The van der Waals surface area contributed by atoms with Crippen molar-refractivity contribution in [1.82, 2.24) is 9.80 Å². The van der Waals surface area contributed by atoms with E-state index in [1.165, 1.54) is 18.4 Å². The van der Waals surface area contributed by atoms with Crippen LogP contribution in [-0.2, 0) is 16.4 Å². The van der Waals surface area contributed by atoms with Crippen LogP contribution in [0.3, 0.4) is 0 Å². The molecule has 138 valence electrons. The van der Waals surface area contributed by atoms with Crippen LogP contribution in [-0.4, -0.2) is 68.0 Å². The zero-order chi connectivity index (χ0) is 17.4. The summed E-state index contributed by atoms with van der Waals surface area (Å²) in [5.41, 5.74) is 1.22. The Balaban J connectivity index is 1.46. The van der Waals surface area contributed by atoms with Gasteiger partial charge in [0.2, 0.25) is 0 Å². The van der Waals surface area contributed by atoms with E-state index < -0.39 is 9.84 Å². The molecule has 2 atom stereocenters. The van der Waals surface area contributed by atoms with E-state index in [0.717, 1.165) is 37.8 Å². The summed E-state index contributed by atoms with van der Waals surface area (Å²) in [6.07, 6.45) is 2.63.